The fourth-order valence-corrected chi connectivity index (χ4v) is 5.87. The van der Waals surface area contributed by atoms with Gasteiger partial charge in [0.15, 0.2) is 0 Å². The van der Waals surface area contributed by atoms with Crippen LogP contribution in [0.5, 0.6) is 0 Å². The van der Waals surface area contributed by atoms with Gasteiger partial charge in [0.1, 0.15) is 17.2 Å². The number of piperidine rings is 1. The number of likely N-dealkylation sites (tertiary alicyclic amines) is 1. The number of carbonyl (C=O) groups excluding carboxylic acids is 1. The highest BCUT2D eigenvalue weighted by molar-refractivity contribution is 5.97. The summed E-state index contributed by atoms with van der Waals surface area (Å²) in [5.41, 5.74) is 1.49. The molecule has 2 atom stereocenters. The quantitative estimate of drug-likeness (QED) is 0.839. The fraction of sp³-hybridized carbons (Fsp3) is 0.667. The van der Waals surface area contributed by atoms with Gasteiger partial charge < -0.3 is 14.8 Å². The summed E-state index contributed by atoms with van der Waals surface area (Å²) in [6.45, 7) is 10.5. The van der Waals surface area contributed by atoms with Gasteiger partial charge in [0.25, 0.3) is 5.91 Å². The highest BCUT2D eigenvalue weighted by atomic mass is 16.2. The number of rotatable bonds is 3. The number of anilines is 1. The number of aromatic amines is 1. The number of pyridine rings is 1. The molecule has 3 aliphatic rings. The maximum Gasteiger partial charge on any atom is 0.270 e. The van der Waals surface area contributed by atoms with Crippen LogP contribution in [0.15, 0.2) is 18.2 Å². The van der Waals surface area contributed by atoms with Crippen LogP contribution in [0.3, 0.4) is 0 Å². The first kappa shape index (κ1) is 19.9. The Kier molecular flexibility index (Phi) is 5.44. The van der Waals surface area contributed by atoms with E-state index in [0.717, 1.165) is 62.2 Å². The van der Waals surface area contributed by atoms with Crippen molar-refractivity contribution in [3.63, 3.8) is 0 Å². The van der Waals surface area contributed by atoms with Crippen LogP contribution >= 0.6 is 0 Å². The third-order valence-corrected chi connectivity index (χ3v) is 7.33. The lowest BCUT2D eigenvalue weighted by Gasteiger charge is -2.38. The largest absolute Gasteiger partial charge is 0.354 e. The van der Waals surface area contributed by atoms with Gasteiger partial charge in [-0.2, -0.15) is 0 Å². The summed E-state index contributed by atoms with van der Waals surface area (Å²) >= 11 is 0. The van der Waals surface area contributed by atoms with Crippen LogP contribution in [0.4, 0.5) is 5.82 Å². The molecule has 2 aromatic heterocycles. The second-order valence-corrected chi connectivity index (χ2v) is 9.91. The van der Waals surface area contributed by atoms with Crippen LogP contribution in [-0.2, 0) is 0 Å². The van der Waals surface area contributed by atoms with Crippen molar-refractivity contribution in [3.8, 4) is 0 Å². The van der Waals surface area contributed by atoms with Crippen LogP contribution < -0.4 is 4.90 Å². The molecule has 1 aliphatic carbocycles. The number of fused-ring (bicyclic) bond motifs is 1. The monoisotopic (exact) mass is 409 g/mol. The Morgan fingerprint density at radius 1 is 1.03 bits per heavy atom. The minimum Gasteiger partial charge on any atom is -0.354 e. The van der Waals surface area contributed by atoms with Crippen LogP contribution in [0.1, 0.15) is 56.4 Å². The molecule has 1 saturated carbocycles. The standard InChI is InChI=1S/C24H35N5O/c1-17-13-18(2)16-29(15-17)24(30)21-14-19-7-8-22(26-23(19)25-21)28-11-9-27(10-12-28)20-5-3-4-6-20/h7-8,14,17-18,20H,3-6,9-13,15-16H2,1-2H3,(H,25,26). The molecule has 0 spiro atoms. The molecule has 162 valence electrons. The SMILES string of the molecule is CC1CC(C)CN(C(=O)c2cc3ccc(N4CCN(C5CCCC5)CC4)nc3[nH]2)C1. The van der Waals surface area contributed by atoms with Crippen LogP contribution in [-0.4, -0.2) is 71.0 Å². The number of aromatic nitrogens is 2. The van der Waals surface area contributed by atoms with Crippen LogP contribution in [0, 0.1) is 11.8 Å². The third kappa shape index (κ3) is 3.94. The number of nitrogens with one attached hydrogen (secondary N) is 1. The zero-order chi connectivity index (χ0) is 20.7. The predicted octanol–water partition coefficient (Wildman–Crippen LogP) is 3.75. The summed E-state index contributed by atoms with van der Waals surface area (Å²) in [5.74, 6) is 2.26. The maximum absolute atomic E-state index is 13.1. The van der Waals surface area contributed by atoms with Gasteiger partial charge in [0.05, 0.1) is 0 Å². The van der Waals surface area contributed by atoms with Gasteiger partial charge in [-0.25, -0.2) is 4.98 Å². The van der Waals surface area contributed by atoms with E-state index in [9.17, 15) is 4.79 Å². The van der Waals surface area contributed by atoms with E-state index in [0.29, 0.717) is 17.5 Å². The second-order valence-electron chi connectivity index (χ2n) is 9.91. The van der Waals surface area contributed by atoms with Crippen molar-refractivity contribution >= 4 is 22.8 Å². The van der Waals surface area contributed by atoms with E-state index in [4.69, 9.17) is 4.98 Å². The number of amides is 1. The first-order valence-electron chi connectivity index (χ1n) is 11.8. The van der Waals surface area contributed by atoms with Gasteiger partial charge in [0.2, 0.25) is 0 Å². The Morgan fingerprint density at radius 2 is 1.73 bits per heavy atom. The molecule has 4 heterocycles. The average molecular weight is 410 g/mol. The summed E-state index contributed by atoms with van der Waals surface area (Å²) in [7, 11) is 0. The molecule has 2 aromatic rings. The molecule has 2 saturated heterocycles. The molecule has 30 heavy (non-hydrogen) atoms. The normalized spacial score (nSPS) is 26.6. The molecule has 0 aromatic carbocycles. The van der Waals surface area contributed by atoms with Gasteiger partial charge >= 0.3 is 0 Å². The first-order chi connectivity index (χ1) is 14.6. The van der Waals surface area contributed by atoms with Crippen LogP contribution in [0.25, 0.3) is 11.0 Å². The van der Waals surface area contributed by atoms with Crippen molar-refractivity contribution in [1.29, 1.82) is 0 Å². The smallest absolute Gasteiger partial charge is 0.270 e. The Labute approximate surface area is 179 Å². The van der Waals surface area contributed by atoms with E-state index < -0.39 is 0 Å². The zero-order valence-electron chi connectivity index (χ0n) is 18.4. The van der Waals surface area contributed by atoms with E-state index in [1.807, 2.05) is 11.0 Å². The number of hydrogen-bond donors (Lipinski definition) is 1. The molecule has 6 heteroatoms. The lowest BCUT2D eigenvalue weighted by molar-refractivity contribution is 0.0618. The molecule has 1 N–H and O–H groups in total. The summed E-state index contributed by atoms with van der Waals surface area (Å²) in [4.78, 5) is 28.3. The molecule has 1 amide bonds. The lowest BCUT2D eigenvalue weighted by atomic mass is 9.92. The highest BCUT2D eigenvalue weighted by Crippen LogP contribution is 2.27. The third-order valence-electron chi connectivity index (χ3n) is 7.33. The van der Waals surface area contributed by atoms with Crippen molar-refractivity contribution in [3.05, 3.63) is 23.9 Å². The van der Waals surface area contributed by atoms with Crippen molar-refractivity contribution < 1.29 is 4.79 Å². The molecule has 2 aliphatic heterocycles. The minimum absolute atomic E-state index is 0.109. The molecule has 6 nitrogen and oxygen atoms in total. The van der Waals surface area contributed by atoms with Crippen molar-refractivity contribution in [2.45, 2.75) is 52.0 Å². The summed E-state index contributed by atoms with van der Waals surface area (Å²) in [5, 5.41) is 1.02. The number of nitrogens with zero attached hydrogens (tertiary/aromatic N) is 4. The van der Waals surface area contributed by atoms with E-state index in [1.165, 1.54) is 32.1 Å². The second kappa shape index (κ2) is 8.22. The summed E-state index contributed by atoms with van der Waals surface area (Å²) < 4.78 is 0. The van der Waals surface area contributed by atoms with E-state index in [1.54, 1.807) is 0 Å². The Bertz CT molecular complexity index is 884. The Balaban J connectivity index is 1.28. The molecular weight excluding hydrogens is 374 g/mol. The number of hydrogen-bond acceptors (Lipinski definition) is 4. The zero-order valence-corrected chi connectivity index (χ0v) is 18.4. The van der Waals surface area contributed by atoms with E-state index in [2.05, 4.69) is 40.8 Å². The average Bonchev–Trinajstić information content (AvgIpc) is 3.42. The highest BCUT2D eigenvalue weighted by Gasteiger charge is 2.28. The topological polar surface area (TPSA) is 55.5 Å². The van der Waals surface area contributed by atoms with Crippen molar-refractivity contribution in [2.75, 3.05) is 44.2 Å². The van der Waals surface area contributed by atoms with Crippen molar-refractivity contribution in [2.24, 2.45) is 11.8 Å². The summed E-state index contributed by atoms with van der Waals surface area (Å²) in [6.07, 6.45) is 6.74. The maximum atomic E-state index is 13.1. The number of H-pyrrole nitrogens is 1. The molecule has 0 radical (unpaired) electrons. The van der Waals surface area contributed by atoms with Crippen LogP contribution in [0.2, 0.25) is 0 Å². The van der Waals surface area contributed by atoms with Gasteiger partial charge in [-0.15, -0.1) is 0 Å². The predicted molar refractivity (Wildman–Crippen MR) is 121 cm³/mol. The molecular formula is C24H35N5O. The number of piperazine rings is 1. The number of carbonyl (C=O) groups is 1. The van der Waals surface area contributed by atoms with Gasteiger partial charge in [0, 0.05) is 50.7 Å². The minimum atomic E-state index is 0.109. The molecule has 3 fully saturated rings. The Hall–Kier alpha value is -2.08. The van der Waals surface area contributed by atoms with Gasteiger partial charge in [-0.1, -0.05) is 26.7 Å². The van der Waals surface area contributed by atoms with Crippen molar-refractivity contribution in [1.82, 2.24) is 19.8 Å². The first-order valence-corrected chi connectivity index (χ1v) is 11.8. The lowest BCUT2D eigenvalue weighted by Crippen LogP contribution is -2.49. The molecule has 5 rings (SSSR count). The van der Waals surface area contributed by atoms with E-state index >= 15 is 0 Å². The van der Waals surface area contributed by atoms with Gasteiger partial charge in [-0.05, 0) is 49.3 Å². The summed E-state index contributed by atoms with van der Waals surface area (Å²) in [6, 6.07) is 6.99. The Morgan fingerprint density at radius 3 is 2.43 bits per heavy atom. The van der Waals surface area contributed by atoms with E-state index in [-0.39, 0.29) is 5.91 Å². The molecule has 2 unspecified atom stereocenters. The fourth-order valence-electron chi connectivity index (χ4n) is 5.87. The molecule has 0 bridgehead atoms. The van der Waals surface area contributed by atoms with Gasteiger partial charge in [-0.3, -0.25) is 9.69 Å².